The molecule has 1 aromatic carbocycles. The Labute approximate surface area is 168 Å². The van der Waals surface area contributed by atoms with Crippen LogP contribution in [0.25, 0.3) is 0 Å². The molecule has 0 aliphatic carbocycles. The van der Waals surface area contributed by atoms with E-state index in [2.05, 4.69) is 32.2 Å². The maximum Gasteiger partial charge on any atom is 0.214 e. The van der Waals surface area contributed by atoms with Crippen molar-refractivity contribution < 1.29 is 13.2 Å². The van der Waals surface area contributed by atoms with Crippen molar-refractivity contribution in [3.63, 3.8) is 0 Å². The molecule has 0 unspecified atom stereocenters. The molecule has 0 aromatic heterocycles. The highest BCUT2D eigenvalue weighted by Gasteiger charge is 2.27. The van der Waals surface area contributed by atoms with Crippen molar-refractivity contribution >= 4 is 21.7 Å². The van der Waals surface area contributed by atoms with E-state index in [9.17, 15) is 8.42 Å². The maximum atomic E-state index is 11.9. The molecule has 156 valence electrons. The van der Waals surface area contributed by atoms with Crippen LogP contribution in [0.3, 0.4) is 0 Å². The van der Waals surface area contributed by atoms with Crippen LogP contribution in [0.5, 0.6) is 5.75 Å². The number of ether oxygens (including phenoxy) is 1. The second kappa shape index (κ2) is 9.47. The second-order valence-electron chi connectivity index (χ2n) is 6.98. The lowest BCUT2D eigenvalue weighted by Crippen LogP contribution is -2.52. The predicted octanol–water partition coefficient (Wildman–Crippen LogP) is 0.818. The van der Waals surface area contributed by atoms with Gasteiger partial charge in [0.1, 0.15) is 5.75 Å². The van der Waals surface area contributed by atoms with E-state index in [1.165, 1.54) is 5.69 Å². The summed E-state index contributed by atoms with van der Waals surface area (Å²) in [5, 5.41) is 3.34. The predicted molar refractivity (Wildman–Crippen MR) is 113 cm³/mol. The highest BCUT2D eigenvalue weighted by molar-refractivity contribution is 7.89. The standard InChI is InChI=1S/C19H31N5O3S/c1-3-20-19(21-8-10-24-9-5-15-28(24,25)26)23-13-11-22(12-14-23)17-6-4-7-18(16-17)27-2/h4,6-7,16H,3,5,8-15H2,1-2H3,(H,20,21). The van der Waals surface area contributed by atoms with E-state index in [1.807, 2.05) is 19.1 Å². The van der Waals surface area contributed by atoms with Gasteiger partial charge in [-0.15, -0.1) is 0 Å². The van der Waals surface area contributed by atoms with E-state index in [0.717, 1.165) is 50.9 Å². The molecule has 9 heteroatoms. The zero-order chi connectivity index (χ0) is 20.0. The Kier molecular flexibility index (Phi) is 7.01. The molecule has 0 radical (unpaired) electrons. The molecule has 2 aliphatic heterocycles. The van der Waals surface area contributed by atoms with Gasteiger partial charge >= 0.3 is 0 Å². The number of methoxy groups -OCH3 is 1. The van der Waals surface area contributed by atoms with E-state index >= 15 is 0 Å². The van der Waals surface area contributed by atoms with Gasteiger partial charge < -0.3 is 19.9 Å². The van der Waals surface area contributed by atoms with Gasteiger partial charge in [0.15, 0.2) is 5.96 Å². The molecular weight excluding hydrogens is 378 g/mol. The summed E-state index contributed by atoms with van der Waals surface area (Å²) in [6.45, 7) is 7.93. The van der Waals surface area contributed by atoms with Gasteiger partial charge in [0, 0.05) is 57.6 Å². The third-order valence-corrected chi connectivity index (χ3v) is 7.10. The van der Waals surface area contributed by atoms with E-state index < -0.39 is 10.0 Å². The zero-order valence-corrected chi connectivity index (χ0v) is 17.6. The fourth-order valence-electron chi connectivity index (χ4n) is 3.62. The molecule has 28 heavy (non-hydrogen) atoms. The van der Waals surface area contributed by atoms with Gasteiger partial charge in [-0.05, 0) is 25.5 Å². The van der Waals surface area contributed by atoms with Gasteiger partial charge in [0.05, 0.1) is 19.4 Å². The topological polar surface area (TPSA) is 77.5 Å². The molecule has 0 atom stereocenters. The van der Waals surface area contributed by atoms with Crippen LogP contribution in [-0.2, 0) is 10.0 Å². The van der Waals surface area contributed by atoms with E-state index in [-0.39, 0.29) is 5.75 Å². The molecule has 0 spiro atoms. The molecule has 2 fully saturated rings. The minimum absolute atomic E-state index is 0.267. The fraction of sp³-hybridized carbons (Fsp3) is 0.632. The summed E-state index contributed by atoms with van der Waals surface area (Å²) < 4.78 is 30.7. The number of guanidine groups is 1. The molecular formula is C19H31N5O3S. The summed E-state index contributed by atoms with van der Waals surface area (Å²) in [6, 6.07) is 8.13. The number of nitrogens with one attached hydrogen (secondary N) is 1. The van der Waals surface area contributed by atoms with Gasteiger partial charge in [0.25, 0.3) is 0 Å². The lowest BCUT2D eigenvalue weighted by molar-refractivity contribution is 0.370. The summed E-state index contributed by atoms with van der Waals surface area (Å²) in [5.74, 6) is 2.00. The average molecular weight is 410 g/mol. The van der Waals surface area contributed by atoms with E-state index in [0.29, 0.717) is 19.6 Å². The molecule has 8 nitrogen and oxygen atoms in total. The second-order valence-corrected chi connectivity index (χ2v) is 9.07. The first-order valence-corrected chi connectivity index (χ1v) is 11.5. The average Bonchev–Trinajstić information content (AvgIpc) is 3.05. The number of benzene rings is 1. The van der Waals surface area contributed by atoms with Gasteiger partial charge in [-0.25, -0.2) is 12.7 Å². The first-order chi connectivity index (χ1) is 13.5. The molecule has 0 amide bonds. The zero-order valence-electron chi connectivity index (χ0n) is 16.8. The monoisotopic (exact) mass is 409 g/mol. The summed E-state index contributed by atoms with van der Waals surface area (Å²) in [5.41, 5.74) is 1.17. The quantitative estimate of drug-likeness (QED) is 0.554. The minimum atomic E-state index is -3.05. The smallest absolute Gasteiger partial charge is 0.214 e. The van der Waals surface area contributed by atoms with Crippen LogP contribution in [0, 0.1) is 0 Å². The van der Waals surface area contributed by atoms with Crippen LogP contribution < -0.4 is 15.0 Å². The van der Waals surface area contributed by atoms with Crippen molar-refractivity contribution in [3.8, 4) is 5.75 Å². The van der Waals surface area contributed by atoms with Crippen molar-refractivity contribution in [1.29, 1.82) is 0 Å². The Hall–Kier alpha value is -2.00. The first-order valence-electron chi connectivity index (χ1n) is 9.93. The molecule has 0 bridgehead atoms. The SMILES string of the molecule is CCNC(=NCCN1CCCS1(=O)=O)N1CCN(c2cccc(OC)c2)CC1. The molecule has 2 heterocycles. The van der Waals surface area contributed by atoms with Crippen LogP contribution in [0.4, 0.5) is 5.69 Å². The van der Waals surface area contributed by atoms with Crippen molar-refractivity contribution in [2.45, 2.75) is 13.3 Å². The number of hydrogen-bond donors (Lipinski definition) is 1. The number of rotatable bonds is 6. The number of nitrogens with zero attached hydrogens (tertiary/aromatic N) is 4. The van der Waals surface area contributed by atoms with Gasteiger partial charge in [0.2, 0.25) is 10.0 Å². The van der Waals surface area contributed by atoms with Gasteiger partial charge in [-0.1, -0.05) is 6.07 Å². The van der Waals surface area contributed by atoms with E-state index in [4.69, 9.17) is 4.74 Å². The Balaban J connectivity index is 1.56. The highest BCUT2D eigenvalue weighted by atomic mass is 32.2. The van der Waals surface area contributed by atoms with Gasteiger partial charge in [-0.2, -0.15) is 0 Å². The third-order valence-electron chi connectivity index (χ3n) is 5.15. The summed E-state index contributed by atoms with van der Waals surface area (Å²) in [7, 11) is -1.37. The summed E-state index contributed by atoms with van der Waals surface area (Å²) in [6.07, 6.45) is 0.721. The molecule has 3 rings (SSSR count). The van der Waals surface area contributed by atoms with Crippen LogP contribution in [-0.4, -0.2) is 88.8 Å². The van der Waals surface area contributed by atoms with Crippen LogP contribution in [0.2, 0.25) is 0 Å². The first kappa shape index (κ1) is 20.7. The minimum Gasteiger partial charge on any atom is -0.497 e. The normalized spacial score (nSPS) is 20.4. The Bertz CT molecular complexity index is 776. The molecule has 1 N–H and O–H groups in total. The van der Waals surface area contributed by atoms with Crippen LogP contribution in [0.1, 0.15) is 13.3 Å². The lowest BCUT2D eigenvalue weighted by atomic mass is 10.2. The summed E-state index contributed by atoms with van der Waals surface area (Å²) in [4.78, 5) is 9.27. The number of aliphatic imine (C=N–C) groups is 1. The number of piperazine rings is 1. The lowest BCUT2D eigenvalue weighted by Gasteiger charge is -2.37. The summed E-state index contributed by atoms with van der Waals surface area (Å²) >= 11 is 0. The van der Waals surface area contributed by atoms with Crippen molar-refractivity contribution in [1.82, 2.24) is 14.5 Å². The largest absolute Gasteiger partial charge is 0.497 e. The Morgan fingerprint density at radius 3 is 2.64 bits per heavy atom. The molecule has 2 aliphatic rings. The number of sulfonamides is 1. The molecule has 0 saturated carbocycles. The third kappa shape index (κ3) is 5.08. The number of anilines is 1. The fourth-order valence-corrected chi connectivity index (χ4v) is 5.14. The van der Waals surface area contributed by atoms with Crippen molar-refractivity contribution in [2.24, 2.45) is 4.99 Å². The number of hydrogen-bond acceptors (Lipinski definition) is 5. The Morgan fingerprint density at radius 2 is 2.00 bits per heavy atom. The van der Waals surface area contributed by atoms with Crippen LogP contribution >= 0.6 is 0 Å². The maximum absolute atomic E-state index is 11.9. The highest BCUT2D eigenvalue weighted by Crippen LogP contribution is 2.22. The molecule has 2 saturated heterocycles. The van der Waals surface area contributed by atoms with Crippen molar-refractivity contribution in [3.05, 3.63) is 24.3 Å². The molecule has 1 aromatic rings. The van der Waals surface area contributed by atoms with Gasteiger partial charge in [-0.3, -0.25) is 4.99 Å². The van der Waals surface area contributed by atoms with E-state index in [1.54, 1.807) is 11.4 Å². The van der Waals surface area contributed by atoms with Crippen LogP contribution in [0.15, 0.2) is 29.3 Å². The van der Waals surface area contributed by atoms with Crippen molar-refractivity contribution in [2.75, 3.05) is 70.1 Å². The Morgan fingerprint density at radius 1 is 1.21 bits per heavy atom.